The van der Waals surface area contributed by atoms with Crippen LogP contribution in [0.25, 0.3) is 11.1 Å². The molecule has 3 aromatic rings. The lowest BCUT2D eigenvalue weighted by atomic mass is 9.89. The number of nitrogens with zero attached hydrogens (tertiary/aromatic N) is 3. The Morgan fingerprint density at radius 3 is 2.77 bits per heavy atom. The van der Waals surface area contributed by atoms with Gasteiger partial charge in [0.15, 0.2) is 0 Å². The van der Waals surface area contributed by atoms with E-state index in [9.17, 15) is 4.39 Å². The highest BCUT2D eigenvalue weighted by molar-refractivity contribution is 6.36. The Bertz CT molecular complexity index is 1170. The van der Waals surface area contributed by atoms with Gasteiger partial charge in [-0.15, -0.1) is 0 Å². The van der Waals surface area contributed by atoms with Crippen LogP contribution in [0.15, 0.2) is 42.7 Å². The Labute approximate surface area is 189 Å². The molecule has 1 aliphatic heterocycles. The molecule has 3 N–H and O–H groups in total. The second kappa shape index (κ2) is 8.39. The highest BCUT2D eigenvalue weighted by Gasteiger charge is 2.39. The molecule has 1 atom stereocenters. The van der Waals surface area contributed by atoms with E-state index in [4.69, 9.17) is 38.9 Å². The predicted molar refractivity (Wildman–Crippen MR) is 119 cm³/mol. The molecule has 31 heavy (non-hydrogen) atoms. The van der Waals surface area contributed by atoms with Gasteiger partial charge >= 0.3 is 0 Å². The number of nitrogen functional groups attached to an aromatic ring is 1. The highest BCUT2D eigenvalue weighted by atomic mass is 35.5. The summed E-state index contributed by atoms with van der Waals surface area (Å²) in [5.41, 5.74) is 8.29. The predicted octanol–water partition coefficient (Wildman–Crippen LogP) is 4.93. The number of aromatic nitrogens is 2. The van der Waals surface area contributed by atoms with Crippen molar-refractivity contribution in [1.82, 2.24) is 15.1 Å². The maximum Gasteiger partial charge on any atom is 0.143 e. The van der Waals surface area contributed by atoms with Crippen molar-refractivity contribution < 1.29 is 9.13 Å². The Kier molecular flexibility index (Phi) is 5.80. The van der Waals surface area contributed by atoms with Gasteiger partial charge in [-0.05, 0) is 36.8 Å². The Morgan fingerprint density at radius 1 is 1.32 bits per heavy atom. The van der Waals surface area contributed by atoms with Crippen molar-refractivity contribution in [3.8, 4) is 22.9 Å². The standard InChI is InChI=1S/C22H20Cl2FN5O/c1-13(20-16(23)3-4-17(25)21(20)24)31-19-8-14(2-5-18(19)27)15-9-29-30(10-15)22(6-7-26)11-28-12-22/h2-5,8-10,13,28H,6,11-12,27H2,1H3. The number of ether oxygens (including phenoxy) is 1. The molecule has 160 valence electrons. The van der Waals surface area contributed by atoms with Gasteiger partial charge in [-0.1, -0.05) is 29.3 Å². The number of halogens is 3. The van der Waals surface area contributed by atoms with Crippen LogP contribution in [0.4, 0.5) is 10.1 Å². The van der Waals surface area contributed by atoms with E-state index in [1.807, 2.05) is 16.9 Å². The monoisotopic (exact) mass is 459 g/mol. The van der Waals surface area contributed by atoms with Crippen molar-refractivity contribution in [2.45, 2.75) is 25.0 Å². The van der Waals surface area contributed by atoms with Crippen molar-refractivity contribution in [3.05, 3.63) is 64.2 Å². The van der Waals surface area contributed by atoms with Crippen LogP contribution >= 0.6 is 23.2 Å². The minimum absolute atomic E-state index is 0.0760. The van der Waals surface area contributed by atoms with Crippen LogP contribution in [0.2, 0.25) is 10.0 Å². The molecule has 0 spiro atoms. The first-order valence-corrected chi connectivity index (χ1v) is 10.4. The lowest BCUT2D eigenvalue weighted by Gasteiger charge is -2.41. The largest absolute Gasteiger partial charge is 0.484 e. The summed E-state index contributed by atoms with van der Waals surface area (Å²) in [6.45, 7) is 3.13. The first-order valence-electron chi connectivity index (χ1n) is 9.67. The van der Waals surface area contributed by atoms with Crippen LogP contribution < -0.4 is 15.8 Å². The fourth-order valence-electron chi connectivity index (χ4n) is 3.64. The lowest BCUT2D eigenvalue weighted by molar-refractivity contribution is 0.160. The Morgan fingerprint density at radius 2 is 2.10 bits per heavy atom. The van der Waals surface area contributed by atoms with Gasteiger partial charge in [0.25, 0.3) is 0 Å². The maximum atomic E-state index is 13.9. The maximum absolute atomic E-state index is 13.9. The summed E-state index contributed by atoms with van der Waals surface area (Å²) < 4.78 is 21.8. The summed E-state index contributed by atoms with van der Waals surface area (Å²) in [7, 11) is 0. The number of anilines is 1. The average Bonchev–Trinajstić information content (AvgIpc) is 3.20. The second-order valence-corrected chi connectivity index (χ2v) is 8.39. The number of hydrogen-bond donors (Lipinski definition) is 2. The van der Waals surface area contributed by atoms with E-state index in [-0.39, 0.29) is 10.6 Å². The molecule has 1 unspecified atom stereocenters. The average molecular weight is 460 g/mol. The van der Waals surface area contributed by atoms with Crippen LogP contribution in [0.5, 0.6) is 5.75 Å². The molecule has 4 rings (SSSR count). The van der Waals surface area contributed by atoms with E-state index in [0.717, 1.165) is 11.1 Å². The van der Waals surface area contributed by atoms with Gasteiger partial charge in [0.2, 0.25) is 0 Å². The van der Waals surface area contributed by atoms with E-state index in [0.29, 0.717) is 41.5 Å². The van der Waals surface area contributed by atoms with E-state index in [1.54, 1.807) is 25.3 Å². The number of nitriles is 1. The molecule has 0 bridgehead atoms. The molecule has 1 aliphatic rings. The number of nitrogens with one attached hydrogen (secondary N) is 1. The number of nitrogens with two attached hydrogens (primary N) is 1. The number of rotatable bonds is 6. The summed E-state index contributed by atoms with van der Waals surface area (Å²) in [6.07, 6.45) is 3.41. The smallest absolute Gasteiger partial charge is 0.143 e. The first-order chi connectivity index (χ1) is 14.8. The van der Waals surface area contributed by atoms with Gasteiger partial charge in [0.05, 0.1) is 29.4 Å². The molecule has 2 heterocycles. The van der Waals surface area contributed by atoms with Crippen LogP contribution in [0, 0.1) is 17.1 Å². The number of benzene rings is 2. The van der Waals surface area contributed by atoms with Crippen molar-refractivity contribution >= 4 is 28.9 Å². The van der Waals surface area contributed by atoms with Gasteiger partial charge in [-0.3, -0.25) is 4.68 Å². The molecule has 1 fully saturated rings. The van der Waals surface area contributed by atoms with E-state index in [1.165, 1.54) is 12.1 Å². The molecule has 0 saturated carbocycles. The summed E-state index contributed by atoms with van der Waals surface area (Å²) >= 11 is 12.3. The molecule has 0 amide bonds. The summed E-state index contributed by atoms with van der Waals surface area (Å²) in [5, 5.41) is 17.1. The van der Waals surface area contributed by atoms with Gasteiger partial charge in [-0.2, -0.15) is 10.4 Å². The Hall–Kier alpha value is -2.79. The first kappa shape index (κ1) is 21.4. The summed E-state index contributed by atoms with van der Waals surface area (Å²) in [4.78, 5) is 0. The molecular formula is C22H20Cl2FN5O. The second-order valence-electron chi connectivity index (χ2n) is 7.61. The molecule has 0 radical (unpaired) electrons. The van der Waals surface area contributed by atoms with Crippen molar-refractivity contribution in [1.29, 1.82) is 5.26 Å². The van der Waals surface area contributed by atoms with Crippen molar-refractivity contribution in [2.24, 2.45) is 0 Å². The third kappa shape index (κ3) is 3.94. The molecular weight excluding hydrogens is 440 g/mol. The van der Waals surface area contributed by atoms with Crippen LogP contribution in [0.1, 0.15) is 25.0 Å². The molecule has 2 aromatic carbocycles. The number of hydrogen-bond acceptors (Lipinski definition) is 5. The SMILES string of the molecule is CC(Oc1cc(-c2cnn(C3(CC#N)CNC3)c2)ccc1N)c1c(Cl)ccc(F)c1Cl. The molecule has 6 nitrogen and oxygen atoms in total. The quantitative estimate of drug-likeness (QED) is 0.402. The fraction of sp³-hybridized carbons (Fsp3) is 0.273. The topological polar surface area (TPSA) is 88.9 Å². The minimum Gasteiger partial charge on any atom is -0.484 e. The van der Waals surface area contributed by atoms with Gasteiger partial charge < -0.3 is 15.8 Å². The fourth-order valence-corrected chi connectivity index (χ4v) is 4.32. The molecule has 1 saturated heterocycles. The lowest BCUT2D eigenvalue weighted by Crippen LogP contribution is -2.60. The third-order valence-corrected chi connectivity index (χ3v) is 6.24. The van der Waals surface area contributed by atoms with Crippen LogP contribution in [-0.4, -0.2) is 22.9 Å². The van der Waals surface area contributed by atoms with E-state index < -0.39 is 11.9 Å². The van der Waals surface area contributed by atoms with E-state index in [2.05, 4.69) is 16.5 Å². The van der Waals surface area contributed by atoms with Crippen molar-refractivity contribution in [3.63, 3.8) is 0 Å². The van der Waals surface area contributed by atoms with Crippen LogP contribution in [0.3, 0.4) is 0 Å². The zero-order chi connectivity index (χ0) is 22.2. The third-order valence-electron chi connectivity index (χ3n) is 5.52. The van der Waals surface area contributed by atoms with Gasteiger partial charge in [0.1, 0.15) is 23.2 Å². The highest BCUT2D eigenvalue weighted by Crippen LogP contribution is 2.38. The molecule has 0 aliphatic carbocycles. The van der Waals surface area contributed by atoms with Crippen LogP contribution in [-0.2, 0) is 5.54 Å². The van der Waals surface area contributed by atoms with Crippen molar-refractivity contribution in [2.75, 3.05) is 18.8 Å². The zero-order valence-electron chi connectivity index (χ0n) is 16.7. The van der Waals surface area contributed by atoms with Gasteiger partial charge in [-0.25, -0.2) is 4.39 Å². The van der Waals surface area contributed by atoms with Gasteiger partial charge in [0, 0.05) is 35.4 Å². The summed E-state index contributed by atoms with van der Waals surface area (Å²) in [6, 6.07) is 10.3. The van der Waals surface area contributed by atoms with E-state index >= 15 is 0 Å². The minimum atomic E-state index is -0.629. The Balaban J connectivity index is 1.62. The summed E-state index contributed by atoms with van der Waals surface area (Å²) in [5.74, 6) is -0.145. The molecule has 1 aromatic heterocycles. The zero-order valence-corrected chi connectivity index (χ0v) is 18.2. The normalized spacial score (nSPS) is 15.7. The molecule has 9 heteroatoms.